The van der Waals surface area contributed by atoms with Crippen LogP contribution in [0.3, 0.4) is 0 Å². The molecule has 0 spiro atoms. The van der Waals surface area contributed by atoms with Crippen molar-refractivity contribution < 1.29 is 18.7 Å². The third kappa shape index (κ3) is 4.59. The van der Waals surface area contributed by atoms with Crippen LogP contribution in [-0.4, -0.2) is 24.5 Å². The minimum absolute atomic E-state index is 0.121. The highest BCUT2D eigenvalue weighted by Crippen LogP contribution is 2.27. The summed E-state index contributed by atoms with van der Waals surface area (Å²) in [6.07, 6.45) is 4.06. The molecule has 2 aromatic carbocycles. The highest BCUT2D eigenvalue weighted by Gasteiger charge is 2.22. The molecule has 6 nitrogen and oxygen atoms in total. The van der Waals surface area contributed by atoms with Gasteiger partial charge in [0.2, 0.25) is 0 Å². The van der Waals surface area contributed by atoms with E-state index in [1.165, 1.54) is 6.07 Å². The predicted octanol–water partition coefficient (Wildman–Crippen LogP) is 4.62. The number of esters is 1. The topological polar surface area (TPSA) is 85.6 Å². The lowest BCUT2D eigenvalue weighted by Crippen LogP contribution is -2.39. The second kappa shape index (κ2) is 9.39. The maximum atomic E-state index is 12.9. The highest BCUT2D eigenvalue weighted by molar-refractivity contribution is 6.02. The lowest BCUT2D eigenvalue weighted by Gasteiger charge is -2.26. The van der Waals surface area contributed by atoms with Gasteiger partial charge in [0.25, 0.3) is 5.91 Å². The number of nitrogens with one attached hydrogen (secondary N) is 1. The molecule has 1 aliphatic rings. The summed E-state index contributed by atoms with van der Waals surface area (Å²) in [4.78, 5) is 38.0. The lowest BCUT2D eigenvalue weighted by atomic mass is 9.87. The summed E-state index contributed by atoms with van der Waals surface area (Å²) in [6, 6.07) is 14.2. The molecule has 3 aromatic rings. The highest BCUT2D eigenvalue weighted by atomic mass is 16.5. The van der Waals surface area contributed by atoms with E-state index in [4.69, 9.17) is 9.15 Å². The van der Waals surface area contributed by atoms with Gasteiger partial charge < -0.3 is 14.5 Å². The normalized spacial score (nSPS) is 18.3. The summed E-state index contributed by atoms with van der Waals surface area (Å²) < 4.78 is 11.3. The van der Waals surface area contributed by atoms with Crippen molar-refractivity contribution >= 4 is 22.8 Å². The molecule has 1 amide bonds. The van der Waals surface area contributed by atoms with Crippen molar-refractivity contribution in [2.24, 2.45) is 5.92 Å². The molecule has 1 heterocycles. The number of para-hydroxylation sites is 1. The molecule has 32 heavy (non-hydrogen) atoms. The molecular formula is C26H27NO5. The Morgan fingerprint density at radius 2 is 1.75 bits per heavy atom. The molecule has 4 rings (SSSR count). The smallest absolute Gasteiger partial charge is 0.342 e. The van der Waals surface area contributed by atoms with Crippen LogP contribution in [0.2, 0.25) is 0 Å². The minimum atomic E-state index is -0.700. The zero-order chi connectivity index (χ0) is 22.7. The summed E-state index contributed by atoms with van der Waals surface area (Å²) in [6.45, 7) is 3.55. The van der Waals surface area contributed by atoms with E-state index in [1.807, 2.05) is 30.3 Å². The average molecular weight is 434 g/mol. The Morgan fingerprint density at radius 1 is 1.03 bits per heavy atom. The van der Waals surface area contributed by atoms with Crippen molar-refractivity contribution in [3.63, 3.8) is 0 Å². The van der Waals surface area contributed by atoms with E-state index in [-0.39, 0.29) is 35.1 Å². The van der Waals surface area contributed by atoms with Crippen molar-refractivity contribution in [2.45, 2.75) is 45.6 Å². The van der Waals surface area contributed by atoms with Gasteiger partial charge in [-0.2, -0.15) is 0 Å². The van der Waals surface area contributed by atoms with Crippen LogP contribution < -0.4 is 10.7 Å². The third-order valence-corrected chi connectivity index (χ3v) is 6.12. The van der Waals surface area contributed by atoms with Gasteiger partial charge in [0.15, 0.2) is 17.6 Å². The molecule has 0 bridgehead atoms. The molecule has 1 saturated carbocycles. The van der Waals surface area contributed by atoms with Crippen molar-refractivity contribution in [1.82, 2.24) is 5.32 Å². The molecule has 1 fully saturated rings. The fourth-order valence-corrected chi connectivity index (χ4v) is 4.22. The molecule has 0 aliphatic heterocycles. The van der Waals surface area contributed by atoms with Gasteiger partial charge in [-0.25, -0.2) is 4.79 Å². The first-order valence-electron chi connectivity index (χ1n) is 11.0. The van der Waals surface area contributed by atoms with Gasteiger partial charge in [0.1, 0.15) is 11.3 Å². The van der Waals surface area contributed by atoms with Crippen LogP contribution in [0.15, 0.2) is 57.7 Å². The first kappa shape index (κ1) is 21.8. The Bertz CT molecular complexity index is 1190. The molecule has 0 atom stereocenters. The molecule has 1 N–H and O–H groups in total. The van der Waals surface area contributed by atoms with Crippen molar-refractivity contribution in [3.8, 4) is 11.3 Å². The zero-order valence-corrected chi connectivity index (χ0v) is 18.4. The van der Waals surface area contributed by atoms with Gasteiger partial charge in [-0.15, -0.1) is 0 Å². The largest absolute Gasteiger partial charge is 0.455 e. The van der Waals surface area contributed by atoms with E-state index >= 15 is 0 Å². The summed E-state index contributed by atoms with van der Waals surface area (Å²) in [5.41, 5.74) is 1.29. The van der Waals surface area contributed by atoms with Gasteiger partial charge >= 0.3 is 5.97 Å². The monoisotopic (exact) mass is 433 g/mol. The predicted molar refractivity (Wildman–Crippen MR) is 123 cm³/mol. The second-order valence-corrected chi connectivity index (χ2v) is 8.53. The Balaban J connectivity index is 1.54. The Kier molecular flexibility index (Phi) is 6.40. The maximum Gasteiger partial charge on any atom is 0.342 e. The molecule has 0 unspecified atom stereocenters. The number of hydrogen-bond donors (Lipinski definition) is 1. The van der Waals surface area contributed by atoms with Crippen molar-refractivity contribution in [2.75, 3.05) is 6.61 Å². The number of ether oxygens (including phenoxy) is 1. The van der Waals surface area contributed by atoms with Crippen LogP contribution in [-0.2, 0) is 9.53 Å². The van der Waals surface area contributed by atoms with E-state index in [2.05, 4.69) is 12.2 Å². The van der Waals surface area contributed by atoms with E-state index in [1.54, 1.807) is 19.1 Å². The number of fused-ring (bicyclic) bond motifs is 1. The van der Waals surface area contributed by atoms with E-state index in [0.29, 0.717) is 22.6 Å². The van der Waals surface area contributed by atoms with Crippen molar-refractivity contribution in [3.05, 3.63) is 69.9 Å². The van der Waals surface area contributed by atoms with Crippen LogP contribution >= 0.6 is 0 Å². The van der Waals surface area contributed by atoms with E-state index in [0.717, 1.165) is 31.2 Å². The molecule has 6 heteroatoms. The fourth-order valence-electron chi connectivity index (χ4n) is 4.22. The first-order valence-corrected chi connectivity index (χ1v) is 11.0. The van der Waals surface area contributed by atoms with Crippen LogP contribution in [0.4, 0.5) is 0 Å². The Hall–Kier alpha value is -3.41. The average Bonchev–Trinajstić information content (AvgIpc) is 2.81. The van der Waals surface area contributed by atoms with Crippen molar-refractivity contribution in [1.29, 1.82) is 0 Å². The van der Waals surface area contributed by atoms with E-state index < -0.39 is 5.97 Å². The van der Waals surface area contributed by atoms with Crippen LogP contribution in [0.1, 0.15) is 48.5 Å². The van der Waals surface area contributed by atoms with Gasteiger partial charge in [-0.3, -0.25) is 9.59 Å². The minimum Gasteiger partial charge on any atom is -0.455 e. The SMILES string of the molecule is Cc1c(-c2ccccc2)oc2c(C(=O)OCC(=O)NC3CCC(C)CC3)cccc2c1=O. The van der Waals surface area contributed by atoms with Gasteiger partial charge in [0, 0.05) is 17.2 Å². The summed E-state index contributed by atoms with van der Waals surface area (Å²) >= 11 is 0. The lowest BCUT2D eigenvalue weighted by molar-refractivity contribution is -0.125. The van der Waals surface area contributed by atoms with Crippen LogP contribution in [0.25, 0.3) is 22.3 Å². The number of carbonyl (C=O) groups is 2. The first-order chi connectivity index (χ1) is 15.4. The fraction of sp³-hybridized carbons (Fsp3) is 0.346. The third-order valence-electron chi connectivity index (χ3n) is 6.12. The number of carbonyl (C=O) groups excluding carboxylic acids is 2. The zero-order valence-electron chi connectivity index (χ0n) is 18.4. The molecule has 0 radical (unpaired) electrons. The van der Waals surface area contributed by atoms with Crippen LogP contribution in [0.5, 0.6) is 0 Å². The summed E-state index contributed by atoms with van der Waals surface area (Å²) in [7, 11) is 0. The Morgan fingerprint density at radius 3 is 2.47 bits per heavy atom. The molecule has 166 valence electrons. The molecule has 1 aromatic heterocycles. The molecule has 1 aliphatic carbocycles. The standard InChI is InChI=1S/C26H27NO5/c1-16-11-13-19(14-12-16)27-22(28)15-31-26(30)21-10-6-9-20-23(29)17(2)24(32-25(20)21)18-7-4-3-5-8-18/h3-10,16,19H,11-15H2,1-2H3,(H,27,28). The van der Waals surface area contributed by atoms with Crippen LogP contribution in [0, 0.1) is 12.8 Å². The number of hydrogen-bond acceptors (Lipinski definition) is 5. The maximum absolute atomic E-state index is 12.9. The summed E-state index contributed by atoms with van der Waals surface area (Å²) in [5, 5.41) is 3.24. The quantitative estimate of drug-likeness (QED) is 0.594. The van der Waals surface area contributed by atoms with Gasteiger partial charge in [-0.1, -0.05) is 43.3 Å². The van der Waals surface area contributed by atoms with Gasteiger partial charge in [0.05, 0.1) is 5.39 Å². The van der Waals surface area contributed by atoms with E-state index in [9.17, 15) is 14.4 Å². The van der Waals surface area contributed by atoms with Gasteiger partial charge in [-0.05, 0) is 50.7 Å². The number of benzene rings is 2. The summed E-state index contributed by atoms with van der Waals surface area (Å²) in [5.74, 6) is 0.0773. The Labute approximate surface area is 186 Å². The second-order valence-electron chi connectivity index (χ2n) is 8.53. The molecule has 0 saturated heterocycles. The number of amides is 1. The molecular weight excluding hydrogens is 406 g/mol. The number of rotatable bonds is 5.